The van der Waals surface area contributed by atoms with Crippen LogP contribution in [0.1, 0.15) is 96.4 Å². The lowest BCUT2D eigenvalue weighted by atomic mass is 9.78. The van der Waals surface area contributed by atoms with E-state index in [1.807, 2.05) is 58.9 Å². The van der Waals surface area contributed by atoms with Gasteiger partial charge in [-0.2, -0.15) is 0 Å². The average molecular weight is 587 g/mol. The number of fused-ring (bicyclic) bond motifs is 1. The molecule has 0 radical (unpaired) electrons. The minimum atomic E-state index is -0.564. The Kier molecular flexibility index (Phi) is 8.77. The average Bonchev–Trinajstić information content (AvgIpc) is 2.86. The molecule has 1 aromatic carbocycles. The fraction of sp³-hybridized carbons (Fsp3) is 0.471. The second-order valence-corrected chi connectivity index (χ2v) is 14.3. The van der Waals surface area contributed by atoms with E-state index in [4.69, 9.17) is 4.74 Å². The molecule has 3 N–H and O–H groups in total. The molecule has 0 fully saturated rings. The van der Waals surface area contributed by atoms with Crippen molar-refractivity contribution in [2.45, 2.75) is 98.3 Å². The molecule has 0 bridgehead atoms. The first-order chi connectivity index (χ1) is 19.9. The number of rotatable bonds is 6. The number of pyridine rings is 2. The lowest BCUT2D eigenvalue weighted by Gasteiger charge is -2.40. The Morgan fingerprint density at radius 3 is 2.30 bits per heavy atom. The number of nitrogens with zero attached hydrogens (tertiary/aromatic N) is 3. The maximum atomic E-state index is 13.1. The third-order valence-electron chi connectivity index (χ3n) is 7.08. The Bertz CT molecular complexity index is 1500. The van der Waals surface area contributed by atoms with Gasteiger partial charge in [0.15, 0.2) is 0 Å². The fourth-order valence-corrected chi connectivity index (χ4v) is 5.11. The molecule has 2 aromatic heterocycles. The standard InChI is InChI=1S/C34H46N6O3/c1-21(2)37-30(41)25-18-36-29(17-27(25)38-24-13-14-35-28(16-24)32(3,4)5)39-23-11-12-26-22(15-23)19-40(20-34(26,9)10)31(42)43-33(6,7)8/h11-18,21H,19-20H2,1-10H3,(H,37,41)(H2,35,36,38,39). The summed E-state index contributed by atoms with van der Waals surface area (Å²) in [7, 11) is 0. The third kappa shape index (κ3) is 8.03. The summed E-state index contributed by atoms with van der Waals surface area (Å²) in [6, 6.07) is 11.9. The van der Waals surface area contributed by atoms with Crippen molar-refractivity contribution in [2.75, 3.05) is 17.2 Å². The number of amides is 2. The van der Waals surface area contributed by atoms with Crippen molar-refractivity contribution in [1.82, 2.24) is 20.2 Å². The number of nitrogens with one attached hydrogen (secondary N) is 3. The molecular weight excluding hydrogens is 540 g/mol. The summed E-state index contributed by atoms with van der Waals surface area (Å²) in [6.07, 6.45) is 3.04. The van der Waals surface area contributed by atoms with Gasteiger partial charge in [-0.1, -0.05) is 40.7 Å². The third-order valence-corrected chi connectivity index (χ3v) is 7.08. The number of hydrogen-bond acceptors (Lipinski definition) is 7. The molecule has 9 nitrogen and oxygen atoms in total. The van der Waals surface area contributed by atoms with Crippen LogP contribution >= 0.6 is 0 Å². The van der Waals surface area contributed by atoms with Crippen LogP contribution in [0.2, 0.25) is 0 Å². The molecule has 230 valence electrons. The number of carbonyl (C=O) groups is 2. The molecule has 0 aliphatic carbocycles. The SMILES string of the molecule is CC(C)NC(=O)c1cnc(Nc2ccc3c(c2)CN(C(=O)OC(C)(C)C)CC3(C)C)cc1Nc1ccnc(C(C)(C)C)c1. The number of anilines is 4. The molecule has 0 saturated heterocycles. The van der Waals surface area contributed by atoms with Gasteiger partial charge in [-0.25, -0.2) is 9.78 Å². The number of benzene rings is 1. The highest BCUT2D eigenvalue weighted by molar-refractivity contribution is 6.00. The number of hydrogen-bond donors (Lipinski definition) is 3. The molecule has 3 aromatic rings. The van der Waals surface area contributed by atoms with Crippen LogP contribution in [0.4, 0.5) is 27.7 Å². The predicted octanol–water partition coefficient (Wildman–Crippen LogP) is 7.43. The molecular formula is C34H46N6O3. The van der Waals surface area contributed by atoms with Crippen molar-refractivity contribution in [3.05, 3.63) is 71.2 Å². The minimum absolute atomic E-state index is 0.0217. The highest BCUT2D eigenvalue weighted by Crippen LogP contribution is 2.36. The molecule has 2 amide bonds. The molecule has 0 unspecified atom stereocenters. The van der Waals surface area contributed by atoms with Gasteiger partial charge in [0.05, 0.1) is 11.3 Å². The van der Waals surface area contributed by atoms with E-state index in [0.717, 1.165) is 22.6 Å². The van der Waals surface area contributed by atoms with Gasteiger partial charge in [-0.05, 0) is 70.0 Å². The summed E-state index contributed by atoms with van der Waals surface area (Å²) in [6.45, 7) is 21.1. The monoisotopic (exact) mass is 586 g/mol. The van der Waals surface area contributed by atoms with E-state index in [1.165, 1.54) is 5.56 Å². The van der Waals surface area contributed by atoms with Gasteiger partial charge >= 0.3 is 6.09 Å². The van der Waals surface area contributed by atoms with E-state index in [1.54, 1.807) is 17.3 Å². The molecule has 3 heterocycles. The molecule has 1 aliphatic heterocycles. The highest BCUT2D eigenvalue weighted by atomic mass is 16.6. The maximum absolute atomic E-state index is 13.1. The number of carbonyl (C=O) groups excluding carboxylic acids is 2. The van der Waals surface area contributed by atoms with Crippen LogP contribution in [-0.2, 0) is 22.1 Å². The van der Waals surface area contributed by atoms with E-state index in [2.05, 4.69) is 72.7 Å². The summed E-state index contributed by atoms with van der Waals surface area (Å²) >= 11 is 0. The number of aromatic nitrogens is 2. The fourth-order valence-electron chi connectivity index (χ4n) is 5.11. The maximum Gasteiger partial charge on any atom is 0.410 e. The second-order valence-electron chi connectivity index (χ2n) is 14.3. The molecule has 1 aliphatic rings. The predicted molar refractivity (Wildman–Crippen MR) is 172 cm³/mol. The molecule has 0 spiro atoms. The molecule has 0 atom stereocenters. The van der Waals surface area contributed by atoms with E-state index >= 15 is 0 Å². The summed E-state index contributed by atoms with van der Waals surface area (Å²) in [4.78, 5) is 36.9. The van der Waals surface area contributed by atoms with Gasteiger partial charge in [0.25, 0.3) is 5.91 Å². The lowest BCUT2D eigenvalue weighted by Crippen LogP contribution is -2.46. The van der Waals surface area contributed by atoms with E-state index in [-0.39, 0.29) is 28.9 Å². The molecule has 43 heavy (non-hydrogen) atoms. The van der Waals surface area contributed by atoms with E-state index < -0.39 is 5.60 Å². The Labute approximate surface area is 255 Å². The zero-order chi connectivity index (χ0) is 31.7. The normalized spacial score (nSPS) is 14.6. The van der Waals surface area contributed by atoms with E-state index in [9.17, 15) is 9.59 Å². The molecule has 0 saturated carbocycles. The zero-order valence-corrected chi connectivity index (χ0v) is 27.2. The highest BCUT2D eigenvalue weighted by Gasteiger charge is 2.35. The molecule has 9 heteroatoms. The van der Waals surface area contributed by atoms with Crippen molar-refractivity contribution >= 4 is 34.9 Å². The Balaban J connectivity index is 1.64. The number of ether oxygens (including phenoxy) is 1. The van der Waals surface area contributed by atoms with Crippen LogP contribution in [0.5, 0.6) is 0 Å². The van der Waals surface area contributed by atoms with Crippen molar-refractivity contribution in [3.63, 3.8) is 0 Å². The Morgan fingerprint density at radius 1 is 0.953 bits per heavy atom. The van der Waals surface area contributed by atoms with Crippen molar-refractivity contribution in [1.29, 1.82) is 0 Å². The van der Waals surface area contributed by atoms with Gasteiger partial charge in [0.2, 0.25) is 0 Å². The van der Waals surface area contributed by atoms with Gasteiger partial charge in [0, 0.05) is 65.5 Å². The largest absolute Gasteiger partial charge is 0.444 e. The summed E-state index contributed by atoms with van der Waals surface area (Å²) in [5.41, 5.74) is 4.98. The minimum Gasteiger partial charge on any atom is -0.444 e. The van der Waals surface area contributed by atoms with Crippen molar-refractivity contribution in [2.24, 2.45) is 0 Å². The van der Waals surface area contributed by atoms with E-state index in [0.29, 0.717) is 30.2 Å². The van der Waals surface area contributed by atoms with Crippen molar-refractivity contribution in [3.8, 4) is 0 Å². The summed E-state index contributed by atoms with van der Waals surface area (Å²) in [5, 5.41) is 9.79. The van der Waals surface area contributed by atoms with Gasteiger partial charge in [-0.3, -0.25) is 9.78 Å². The van der Waals surface area contributed by atoms with Crippen LogP contribution in [0.25, 0.3) is 0 Å². The zero-order valence-electron chi connectivity index (χ0n) is 27.2. The first-order valence-corrected chi connectivity index (χ1v) is 14.8. The second kappa shape index (κ2) is 11.9. The smallest absolute Gasteiger partial charge is 0.410 e. The first kappa shape index (κ1) is 31.8. The van der Waals surface area contributed by atoms with Crippen LogP contribution in [0.15, 0.2) is 48.8 Å². The summed E-state index contributed by atoms with van der Waals surface area (Å²) < 4.78 is 5.67. The Hall–Kier alpha value is -4.14. The van der Waals surface area contributed by atoms with Gasteiger partial charge in [0.1, 0.15) is 11.4 Å². The first-order valence-electron chi connectivity index (χ1n) is 14.8. The van der Waals surface area contributed by atoms with Crippen LogP contribution < -0.4 is 16.0 Å². The Morgan fingerprint density at radius 2 is 1.65 bits per heavy atom. The lowest BCUT2D eigenvalue weighted by molar-refractivity contribution is 0.0174. The van der Waals surface area contributed by atoms with Gasteiger partial charge < -0.3 is 25.6 Å². The van der Waals surface area contributed by atoms with Crippen LogP contribution in [0.3, 0.4) is 0 Å². The molecule has 4 rings (SSSR count). The topological polar surface area (TPSA) is 108 Å². The quantitative estimate of drug-likeness (QED) is 0.276. The van der Waals surface area contributed by atoms with Crippen LogP contribution in [0, 0.1) is 0 Å². The van der Waals surface area contributed by atoms with Crippen molar-refractivity contribution < 1.29 is 14.3 Å². The summed E-state index contributed by atoms with van der Waals surface area (Å²) in [5.74, 6) is 0.368. The van der Waals surface area contributed by atoms with Crippen LogP contribution in [-0.4, -0.2) is 45.1 Å². The van der Waals surface area contributed by atoms with Gasteiger partial charge in [-0.15, -0.1) is 0 Å².